The topological polar surface area (TPSA) is 56.7 Å². The Morgan fingerprint density at radius 1 is 1.28 bits per heavy atom. The third-order valence-corrected chi connectivity index (χ3v) is 3.63. The molecule has 1 heterocycles. The second-order valence-electron chi connectivity index (χ2n) is 4.01. The Morgan fingerprint density at radius 3 is 2.56 bits per heavy atom. The van der Waals surface area contributed by atoms with Gasteiger partial charge in [-0.15, -0.1) is 0 Å². The number of halogens is 2. The average Bonchev–Trinajstić information content (AvgIpc) is 2.75. The molecule has 18 heavy (non-hydrogen) atoms. The predicted octanol–water partition coefficient (Wildman–Crippen LogP) is 3.07. The Bertz CT molecular complexity index is 518. The zero-order valence-electron chi connectivity index (χ0n) is 9.98. The van der Waals surface area contributed by atoms with Crippen LogP contribution in [0.2, 0.25) is 0 Å². The van der Waals surface area contributed by atoms with E-state index < -0.39 is 0 Å². The van der Waals surface area contributed by atoms with Gasteiger partial charge >= 0.3 is 0 Å². The van der Waals surface area contributed by atoms with Crippen LogP contribution < -0.4 is 5.73 Å². The molecular weight excluding hydrogens is 360 g/mol. The van der Waals surface area contributed by atoms with E-state index >= 15 is 0 Å². The van der Waals surface area contributed by atoms with Crippen LogP contribution in [0.1, 0.15) is 24.4 Å². The molecule has 0 fully saturated rings. The van der Waals surface area contributed by atoms with E-state index in [0.717, 1.165) is 26.9 Å². The predicted molar refractivity (Wildman–Crippen MR) is 78.2 cm³/mol. The SMILES string of the molecule is CCn1ncnc1CC(N)c1cc(Br)cc(Br)c1. The molecule has 0 aliphatic rings. The molecule has 0 saturated heterocycles. The van der Waals surface area contributed by atoms with Gasteiger partial charge in [0.05, 0.1) is 0 Å². The minimum atomic E-state index is -0.0895. The summed E-state index contributed by atoms with van der Waals surface area (Å²) < 4.78 is 3.89. The van der Waals surface area contributed by atoms with Gasteiger partial charge in [0, 0.05) is 28.0 Å². The summed E-state index contributed by atoms with van der Waals surface area (Å²) >= 11 is 6.94. The van der Waals surface area contributed by atoms with Crippen molar-refractivity contribution in [2.75, 3.05) is 0 Å². The molecule has 4 nitrogen and oxygen atoms in total. The van der Waals surface area contributed by atoms with Gasteiger partial charge in [0.1, 0.15) is 12.2 Å². The van der Waals surface area contributed by atoms with Crippen molar-refractivity contribution in [1.82, 2.24) is 14.8 Å². The van der Waals surface area contributed by atoms with E-state index in [4.69, 9.17) is 5.73 Å². The fourth-order valence-corrected chi connectivity index (χ4v) is 3.14. The fraction of sp³-hybridized carbons (Fsp3) is 0.333. The van der Waals surface area contributed by atoms with Crippen LogP contribution in [0.5, 0.6) is 0 Å². The number of hydrogen-bond acceptors (Lipinski definition) is 3. The molecule has 1 atom stereocenters. The highest BCUT2D eigenvalue weighted by molar-refractivity contribution is 9.11. The first-order valence-corrected chi connectivity index (χ1v) is 7.27. The molecule has 0 saturated carbocycles. The van der Waals surface area contributed by atoms with E-state index in [-0.39, 0.29) is 6.04 Å². The Balaban J connectivity index is 2.19. The van der Waals surface area contributed by atoms with Gasteiger partial charge in [0.25, 0.3) is 0 Å². The normalized spacial score (nSPS) is 12.7. The van der Waals surface area contributed by atoms with E-state index in [1.807, 2.05) is 29.8 Å². The van der Waals surface area contributed by atoms with Crippen LogP contribution in [0.3, 0.4) is 0 Å². The van der Waals surface area contributed by atoms with Crippen molar-refractivity contribution in [2.24, 2.45) is 5.73 Å². The first-order chi connectivity index (χ1) is 8.60. The zero-order chi connectivity index (χ0) is 13.1. The van der Waals surface area contributed by atoms with E-state index in [1.165, 1.54) is 0 Å². The van der Waals surface area contributed by atoms with Gasteiger partial charge in [0.2, 0.25) is 0 Å². The van der Waals surface area contributed by atoms with E-state index in [1.54, 1.807) is 6.33 Å². The molecule has 2 N–H and O–H groups in total. The molecule has 1 aromatic heterocycles. The highest BCUT2D eigenvalue weighted by atomic mass is 79.9. The quantitative estimate of drug-likeness (QED) is 0.895. The van der Waals surface area contributed by atoms with Gasteiger partial charge in [-0.25, -0.2) is 4.98 Å². The number of aromatic nitrogens is 3. The molecule has 0 bridgehead atoms. The van der Waals surface area contributed by atoms with Crippen LogP contribution in [0.15, 0.2) is 33.5 Å². The van der Waals surface area contributed by atoms with Crippen LogP contribution >= 0.6 is 31.9 Å². The maximum Gasteiger partial charge on any atom is 0.138 e. The lowest BCUT2D eigenvalue weighted by Gasteiger charge is -2.13. The summed E-state index contributed by atoms with van der Waals surface area (Å²) in [5.41, 5.74) is 7.30. The van der Waals surface area contributed by atoms with E-state index in [0.29, 0.717) is 6.42 Å². The smallest absolute Gasteiger partial charge is 0.138 e. The number of nitrogens with two attached hydrogens (primary N) is 1. The molecule has 1 unspecified atom stereocenters. The summed E-state index contributed by atoms with van der Waals surface area (Å²) in [6.07, 6.45) is 2.25. The Labute approximate surface area is 123 Å². The van der Waals surface area contributed by atoms with Gasteiger partial charge in [-0.05, 0) is 30.7 Å². The first-order valence-electron chi connectivity index (χ1n) is 5.68. The molecule has 0 spiro atoms. The third-order valence-electron chi connectivity index (χ3n) is 2.71. The minimum absolute atomic E-state index is 0.0895. The molecule has 1 aromatic carbocycles. The maximum atomic E-state index is 6.22. The van der Waals surface area contributed by atoms with Crippen molar-refractivity contribution in [3.05, 3.63) is 44.9 Å². The first kappa shape index (κ1) is 13.7. The summed E-state index contributed by atoms with van der Waals surface area (Å²) in [5.74, 6) is 0.918. The Kier molecular flexibility index (Phi) is 4.53. The molecule has 0 aliphatic heterocycles. The van der Waals surface area contributed by atoms with E-state index in [2.05, 4.69) is 41.9 Å². The number of benzene rings is 1. The maximum absolute atomic E-state index is 6.22. The van der Waals surface area contributed by atoms with Crippen LogP contribution in [0.25, 0.3) is 0 Å². The van der Waals surface area contributed by atoms with Gasteiger partial charge in [0.15, 0.2) is 0 Å². The van der Waals surface area contributed by atoms with Crippen molar-refractivity contribution < 1.29 is 0 Å². The minimum Gasteiger partial charge on any atom is -0.324 e. The van der Waals surface area contributed by atoms with Gasteiger partial charge in [-0.1, -0.05) is 31.9 Å². The molecule has 6 heteroatoms. The third kappa shape index (κ3) is 3.18. The molecule has 96 valence electrons. The highest BCUT2D eigenvalue weighted by Gasteiger charge is 2.12. The number of aryl methyl sites for hydroxylation is 1. The number of nitrogens with zero attached hydrogens (tertiary/aromatic N) is 3. The van der Waals surface area contributed by atoms with Gasteiger partial charge in [-0.2, -0.15) is 5.10 Å². The summed E-state index contributed by atoms with van der Waals surface area (Å²) in [5, 5.41) is 4.15. The zero-order valence-corrected chi connectivity index (χ0v) is 13.1. The average molecular weight is 374 g/mol. The van der Waals surface area contributed by atoms with E-state index in [9.17, 15) is 0 Å². The number of hydrogen-bond donors (Lipinski definition) is 1. The molecule has 0 radical (unpaired) electrons. The summed E-state index contributed by atoms with van der Waals surface area (Å²) in [6, 6.07) is 5.96. The standard InChI is InChI=1S/C12H14Br2N4/c1-2-18-12(16-7-17-18)6-11(15)8-3-9(13)5-10(14)4-8/h3-5,7,11H,2,6,15H2,1H3. The monoisotopic (exact) mass is 372 g/mol. The van der Waals surface area contributed by atoms with Crippen molar-refractivity contribution >= 4 is 31.9 Å². The van der Waals surface area contributed by atoms with Crippen LogP contribution in [-0.2, 0) is 13.0 Å². The fourth-order valence-electron chi connectivity index (χ4n) is 1.81. The lowest BCUT2D eigenvalue weighted by Crippen LogP contribution is -2.17. The summed E-state index contributed by atoms with van der Waals surface area (Å²) in [7, 11) is 0. The second-order valence-corrected chi connectivity index (χ2v) is 5.84. The lowest BCUT2D eigenvalue weighted by molar-refractivity contribution is 0.581. The van der Waals surface area contributed by atoms with Crippen molar-refractivity contribution in [3.8, 4) is 0 Å². The number of rotatable bonds is 4. The molecule has 2 aromatic rings. The van der Waals surface area contributed by atoms with Crippen molar-refractivity contribution in [3.63, 3.8) is 0 Å². The highest BCUT2D eigenvalue weighted by Crippen LogP contribution is 2.24. The van der Waals surface area contributed by atoms with Gasteiger partial charge in [-0.3, -0.25) is 4.68 Å². The molecule has 2 rings (SSSR count). The second kappa shape index (κ2) is 5.95. The molecule has 0 aliphatic carbocycles. The largest absolute Gasteiger partial charge is 0.324 e. The lowest BCUT2D eigenvalue weighted by atomic mass is 10.0. The van der Waals surface area contributed by atoms with Crippen LogP contribution in [-0.4, -0.2) is 14.8 Å². The van der Waals surface area contributed by atoms with Crippen molar-refractivity contribution in [2.45, 2.75) is 25.9 Å². The summed E-state index contributed by atoms with van der Waals surface area (Å²) in [6.45, 7) is 2.85. The molecule has 0 amide bonds. The van der Waals surface area contributed by atoms with Crippen molar-refractivity contribution in [1.29, 1.82) is 0 Å². The Morgan fingerprint density at radius 2 is 1.94 bits per heavy atom. The van der Waals surface area contributed by atoms with Crippen LogP contribution in [0, 0.1) is 0 Å². The molecular formula is C12H14Br2N4. The van der Waals surface area contributed by atoms with Gasteiger partial charge < -0.3 is 5.73 Å². The Hall–Kier alpha value is -0.720. The summed E-state index contributed by atoms with van der Waals surface area (Å²) in [4.78, 5) is 4.25. The van der Waals surface area contributed by atoms with Crippen LogP contribution in [0.4, 0.5) is 0 Å².